The molecule has 29 heavy (non-hydrogen) atoms. The molecule has 0 unspecified atom stereocenters. The van der Waals surface area contributed by atoms with Crippen LogP contribution in [-0.2, 0) is 22.7 Å². The van der Waals surface area contributed by atoms with Crippen LogP contribution in [0, 0.1) is 11.7 Å². The number of hydrogen-bond donors (Lipinski definition) is 2. The maximum absolute atomic E-state index is 12.8. The zero-order valence-corrected chi connectivity index (χ0v) is 17.4. The van der Waals surface area contributed by atoms with E-state index in [1.165, 1.54) is 6.92 Å². The van der Waals surface area contributed by atoms with Crippen LogP contribution in [0.25, 0.3) is 11.4 Å². The number of rotatable bonds is 6. The molecule has 150 valence electrons. The summed E-state index contributed by atoms with van der Waals surface area (Å²) in [6.45, 7) is 3.94. The van der Waals surface area contributed by atoms with E-state index in [4.69, 9.17) is 12.2 Å². The number of amides is 2. The SMILES string of the molecule is CC(=O)N(C)Cc1ccccc1NC(=O)Cn1c(-c2cccc(C)c2)n[nH]c1=S. The summed E-state index contributed by atoms with van der Waals surface area (Å²) in [6.07, 6.45) is 0. The van der Waals surface area contributed by atoms with Crippen molar-refractivity contribution in [2.75, 3.05) is 12.4 Å². The Balaban J connectivity index is 1.80. The second kappa shape index (κ2) is 8.83. The first-order valence-corrected chi connectivity index (χ1v) is 9.57. The van der Waals surface area contributed by atoms with E-state index in [0.29, 0.717) is 22.8 Å². The van der Waals surface area contributed by atoms with E-state index in [0.717, 1.165) is 16.7 Å². The van der Waals surface area contributed by atoms with E-state index in [-0.39, 0.29) is 18.4 Å². The van der Waals surface area contributed by atoms with Crippen LogP contribution >= 0.6 is 12.2 Å². The van der Waals surface area contributed by atoms with Crippen molar-refractivity contribution in [3.63, 3.8) is 0 Å². The fraction of sp³-hybridized carbons (Fsp3) is 0.238. The number of aryl methyl sites for hydroxylation is 1. The van der Waals surface area contributed by atoms with Crippen molar-refractivity contribution in [2.45, 2.75) is 26.9 Å². The van der Waals surface area contributed by atoms with Gasteiger partial charge >= 0.3 is 0 Å². The van der Waals surface area contributed by atoms with Crippen LogP contribution in [0.15, 0.2) is 48.5 Å². The lowest BCUT2D eigenvalue weighted by Gasteiger charge is -2.18. The van der Waals surface area contributed by atoms with Gasteiger partial charge in [0.1, 0.15) is 6.54 Å². The minimum atomic E-state index is -0.227. The van der Waals surface area contributed by atoms with E-state index in [2.05, 4.69) is 15.5 Å². The van der Waals surface area contributed by atoms with Gasteiger partial charge < -0.3 is 10.2 Å². The summed E-state index contributed by atoms with van der Waals surface area (Å²) in [7, 11) is 1.72. The Morgan fingerprint density at radius 2 is 1.97 bits per heavy atom. The molecule has 8 heteroatoms. The van der Waals surface area contributed by atoms with Gasteiger partial charge in [0, 0.05) is 31.8 Å². The molecule has 3 rings (SSSR count). The average Bonchev–Trinajstić information content (AvgIpc) is 3.03. The van der Waals surface area contributed by atoms with Gasteiger partial charge in [0.05, 0.1) is 0 Å². The number of carbonyl (C=O) groups excluding carboxylic acids is 2. The standard InChI is InChI=1S/C21H23N5O2S/c1-14-7-6-9-16(11-14)20-23-24-21(29)26(20)13-19(28)22-18-10-5-4-8-17(18)12-25(3)15(2)27/h4-11H,12-13H2,1-3H3,(H,22,28)(H,24,29). The van der Waals surface area contributed by atoms with Crippen molar-refractivity contribution in [1.82, 2.24) is 19.7 Å². The summed E-state index contributed by atoms with van der Waals surface area (Å²) >= 11 is 5.32. The van der Waals surface area contributed by atoms with Crippen LogP contribution in [0.1, 0.15) is 18.1 Å². The van der Waals surface area contributed by atoms with E-state index in [1.54, 1.807) is 16.5 Å². The lowest BCUT2D eigenvalue weighted by Crippen LogP contribution is -2.25. The highest BCUT2D eigenvalue weighted by Gasteiger charge is 2.14. The quantitative estimate of drug-likeness (QED) is 0.610. The van der Waals surface area contributed by atoms with E-state index in [1.807, 2.05) is 55.5 Å². The molecule has 2 amide bonds. The first-order chi connectivity index (χ1) is 13.8. The molecule has 7 nitrogen and oxygen atoms in total. The van der Waals surface area contributed by atoms with Crippen molar-refractivity contribution in [3.8, 4) is 11.4 Å². The molecule has 0 aliphatic rings. The fourth-order valence-electron chi connectivity index (χ4n) is 2.95. The Morgan fingerprint density at radius 1 is 1.21 bits per heavy atom. The molecule has 0 spiro atoms. The van der Waals surface area contributed by atoms with Gasteiger partial charge in [0.15, 0.2) is 10.6 Å². The summed E-state index contributed by atoms with van der Waals surface area (Å²) in [5.41, 5.74) is 3.50. The van der Waals surface area contributed by atoms with Crippen molar-refractivity contribution in [1.29, 1.82) is 0 Å². The molecule has 3 aromatic rings. The average molecular weight is 410 g/mol. The number of hydrogen-bond acceptors (Lipinski definition) is 4. The molecule has 2 aromatic carbocycles. The third kappa shape index (κ3) is 4.97. The van der Waals surface area contributed by atoms with Crippen molar-refractivity contribution in [2.24, 2.45) is 0 Å². The summed E-state index contributed by atoms with van der Waals surface area (Å²) in [5, 5.41) is 9.98. The predicted molar refractivity (Wildman–Crippen MR) is 115 cm³/mol. The number of nitrogens with zero attached hydrogens (tertiary/aromatic N) is 3. The summed E-state index contributed by atoms with van der Waals surface area (Å²) in [4.78, 5) is 25.9. The number of aromatic nitrogens is 3. The number of para-hydroxylation sites is 1. The molecule has 0 radical (unpaired) electrons. The van der Waals surface area contributed by atoms with E-state index >= 15 is 0 Å². The number of H-pyrrole nitrogens is 1. The molecular weight excluding hydrogens is 386 g/mol. The van der Waals surface area contributed by atoms with Gasteiger partial charge in [-0.2, -0.15) is 5.10 Å². The van der Waals surface area contributed by atoms with Gasteiger partial charge in [-0.15, -0.1) is 0 Å². The predicted octanol–water partition coefficient (Wildman–Crippen LogP) is 3.53. The molecule has 1 heterocycles. The molecule has 0 saturated carbocycles. The second-order valence-electron chi connectivity index (χ2n) is 6.89. The molecule has 0 fully saturated rings. The molecule has 0 atom stereocenters. The lowest BCUT2D eigenvalue weighted by atomic mass is 10.1. The van der Waals surface area contributed by atoms with E-state index < -0.39 is 0 Å². The second-order valence-corrected chi connectivity index (χ2v) is 7.28. The molecule has 0 saturated heterocycles. The van der Waals surface area contributed by atoms with Crippen LogP contribution in [0.4, 0.5) is 5.69 Å². The highest BCUT2D eigenvalue weighted by atomic mass is 32.1. The number of anilines is 1. The number of nitrogens with one attached hydrogen (secondary N) is 2. The third-order valence-corrected chi connectivity index (χ3v) is 4.88. The Morgan fingerprint density at radius 3 is 2.69 bits per heavy atom. The van der Waals surface area contributed by atoms with Gasteiger partial charge in [-0.25, -0.2) is 0 Å². The van der Waals surface area contributed by atoms with Gasteiger partial charge in [0.2, 0.25) is 11.8 Å². The molecule has 2 N–H and O–H groups in total. The van der Waals surface area contributed by atoms with E-state index in [9.17, 15) is 9.59 Å². The maximum atomic E-state index is 12.8. The van der Waals surface area contributed by atoms with Crippen molar-refractivity contribution < 1.29 is 9.59 Å². The van der Waals surface area contributed by atoms with Crippen LogP contribution in [0.5, 0.6) is 0 Å². The van der Waals surface area contributed by atoms with Gasteiger partial charge in [-0.3, -0.25) is 19.3 Å². The Bertz CT molecular complexity index is 1100. The van der Waals surface area contributed by atoms with Crippen LogP contribution < -0.4 is 5.32 Å². The van der Waals surface area contributed by atoms with Crippen LogP contribution in [0.3, 0.4) is 0 Å². The highest BCUT2D eigenvalue weighted by Crippen LogP contribution is 2.20. The minimum Gasteiger partial charge on any atom is -0.342 e. The Hall–Kier alpha value is -3.26. The normalized spacial score (nSPS) is 10.6. The lowest BCUT2D eigenvalue weighted by molar-refractivity contribution is -0.128. The summed E-state index contributed by atoms with van der Waals surface area (Å²) in [6, 6.07) is 15.3. The molecule has 1 aromatic heterocycles. The van der Waals surface area contributed by atoms with Gasteiger partial charge in [-0.1, -0.05) is 42.0 Å². The number of aromatic amines is 1. The van der Waals surface area contributed by atoms with Crippen molar-refractivity contribution in [3.05, 3.63) is 64.4 Å². The largest absolute Gasteiger partial charge is 0.342 e. The number of carbonyl (C=O) groups is 2. The first kappa shape index (κ1) is 20.5. The first-order valence-electron chi connectivity index (χ1n) is 9.17. The number of benzene rings is 2. The Kier molecular flexibility index (Phi) is 6.23. The smallest absolute Gasteiger partial charge is 0.244 e. The van der Waals surface area contributed by atoms with Crippen LogP contribution in [-0.4, -0.2) is 38.5 Å². The zero-order valence-electron chi connectivity index (χ0n) is 16.6. The Labute approximate surface area is 174 Å². The molecule has 0 aliphatic heterocycles. The van der Waals surface area contributed by atoms with Crippen LogP contribution in [0.2, 0.25) is 0 Å². The fourth-order valence-corrected chi connectivity index (χ4v) is 3.15. The molecular formula is C21H23N5O2S. The summed E-state index contributed by atoms with van der Waals surface area (Å²) in [5.74, 6) is 0.339. The zero-order chi connectivity index (χ0) is 21.0. The van der Waals surface area contributed by atoms with Crippen molar-refractivity contribution >= 4 is 29.7 Å². The highest BCUT2D eigenvalue weighted by molar-refractivity contribution is 7.71. The summed E-state index contributed by atoms with van der Waals surface area (Å²) < 4.78 is 2.05. The monoisotopic (exact) mass is 409 g/mol. The third-order valence-electron chi connectivity index (χ3n) is 4.57. The molecule has 0 bridgehead atoms. The van der Waals surface area contributed by atoms with Gasteiger partial charge in [-0.05, 0) is 36.8 Å². The maximum Gasteiger partial charge on any atom is 0.244 e. The topological polar surface area (TPSA) is 83.0 Å². The van der Waals surface area contributed by atoms with Gasteiger partial charge in [0.25, 0.3) is 0 Å². The minimum absolute atomic E-state index is 0.0233. The molecule has 0 aliphatic carbocycles.